The molecule has 0 fully saturated rings. The van der Waals surface area contributed by atoms with Gasteiger partial charge in [-0.05, 0) is 6.07 Å². The summed E-state index contributed by atoms with van der Waals surface area (Å²) in [5.41, 5.74) is -0.602. The quantitative estimate of drug-likeness (QED) is 0.421. The number of likely N-dealkylation sites (N-methyl/N-ethyl adjacent to an activating group) is 1. The van der Waals surface area contributed by atoms with Crippen LogP contribution in [0.4, 0.5) is 10.5 Å². The smallest absolute Gasteiger partial charge is 0.408 e. The number of hydrogen-bond acceptors (Lipinski definition) is 6. The maximum atomic E-state index is 11.7. The Morgan fingerprint density at radius 3 is 2.43 bits per heavy atom. The molecule has 0 aliphatic heterocycles. The minimum Gasteiger partial charge on any atom is -0.548 e. The summed E-state index contributed by atoms with van der Waals surface area (Å²) in [7, 11) is 5.70. The van der Waals surface area contributed by atoms with Gasteiger partial charge in [0.2, 0.25) is 0 Å². The van der Waals surface area contributed by atoms with E-state index in [9.17, 15) is 24.8 Å². The van der Waals surface area contributed by atoms with Crippen molar-refractivity contribution in [3.8, 4) is 0 Å². The van der Waals surface area contributed by atoms with Crippen LogP contribution in [0.3, 0.4) is 0 Å². The first kappa shape index (κ1) is 18.4. The summed E-state index contributed by atoms with van der Waals surface area (Å²) in [6.07, 6.45) is -0.981. The molecule has 1 aromatic rings. The van der Waals surface area contributed by atoms with Gasteiger partial charge in [-0.1, -0.05) is 12.1 Å². The second kappa shape index (κ2) is 7.54. The maximum absolute atomic E-state index is 11.7. The topological polar surface area (TPSA) is 122 Å². The fraction of sp³-hybridized carbons (Fsp3) is 0.429. The van der Waals surface area contributed by atoms with E-state index in [-0.39, 0.29) is 12.2 Å². The Morgan fingerprint density at radius 1 is 1.30 bits per heavy atom. The van der Waals surface area contributed by atoms with Crippen molar-refractivity contribution < 1.29 is 28.8 Å². The van der Waals surface area contributed by atoms with Gasteiger partial charge in [0, 0.05) is 6.07 Å². The molecule has 1 atom stereocenters. The molecular weight excluding hydrogens is 306 g/mol. The molecule has 0 spiro atoms. The van der Waals surface area contributed by atoms with Crippen molar-refractivity contribution >= 4 is 17.7 Å². The number of benzene rings is 1. The van der Waals surface area contributed by atoms with Gasteiger partial charge in [0.25, 0.3) is 5.69 Å². The van der Waals surface area contributed by atoms with E-state index in [0.717, 1.165) is 6.07 Å². The molecule has 0 aromatic heterocycles. The van der Waals surface area contributed by atoms with E-state index in [1.807, 2.05) is 21.1 Å². The largest absolute Gasteiger partial charge is 0.548 e. The number of hydrogen-bond donors (Lipinski definition) is 1. The third kappa shape index (κ3) is 5.91. The van der Waals surface area contributed by atoms with Crippen LogP contribution in [0.15, 0.2) is 24.3 Å². The predicted molar refractivity (Wildman–Crippen MR) is 78.2 cm³/mol. The predicted octanol–water partition coefficient (Wildman–Crippen LogP) is -0.182. The maximum Gasteiger partial charge on any atom is 0.408 e. The monoisotopic (exact) mass is 325 g/mol. The molecule has 126 valence electrons. The van der Waals surface area contributed by atoms with E-state index in [4.69, 9.17) is 4.74 Å². The molecule has 1 aromatic carbocycles. The number of carbonyl (C=O) groups excluding carboxylic acids is 2. The summed E-state index contributed by atoms with van der Waals surface area (Å²) in [6.45, 7) is 0.598. The number of carbonyl (C=O) groups is 2. The Hall–Kier alpha value is -2.68. The lowest BCUT2D eigenvalue weighted by atomic mass is 10.1. The molecule has 0 aliphatic carbocycles. The second-order valence-corrected chi connectivity index (χ2v) is 5.86. The zero-order valence-electron chi connectivity index (χ0n) is 13.1. The number of quaternary nitrogens is 1. The summed E-state index contributed by atoms with van der Waals surface area (Å²) in [4.78, 5) is 33.2. The standard InChI is InChI=1S/C14H19N3O6/c1-17(2,3)8-9-23-14(20)15-12(13(18)19)10-6-4-5-7-11(10)16(21)22/h4-7,12H,8-9H2,1-3H3,(H-,15,18,19,20). The fourth-order valence-corrected chi connectivity index (χ4v) is 1.73. The Kier molecular flexibility index (Phi) is 6.02. The first-order valence-corrected chi connectivity index (χ1v) is 6.80. The number of carboxylic acids is 1. The highest BCUT2D eigenvalue weighted by molar-refractivity contribution is 5.81. The van der Waals surface area contributed by atoms with E-state index in [1.54, 1.807) is 0 Å². The van der Waals surface area contributed by atoms with Crippen LogP contribution in [-0.4, -0.2) is 55.8 Å². The number of nitro groups is 1. The van der Waals surface area contributed by atoms with Crippen molar-refractivity contribution in [1.82, 2.24) is 5.32 Å². The highest BCUT2D eigenvalue weighted by atomic mass is 16.6. The van der Waals surface area contributed by atoms with Crippen LogP contribution in [0.25, 0.3) is 0 Å². The van der Waals surface area contributed by atoms with Crippen molar-refractivity contribution in [2.75, 3.05) is 34.3 Å². The normalized spacial score (nSPS) is 12.3. The number of aliphatic carboxylic acids is 1. The first-order valence-electron chi connectivity index (χ1n) is 6.80. The van der Waals surface area contributed by atoms with Crippen LogP contribution in [0, 0.1) is 10.1 Å². The summed E-state index contributed by atoms with van der Waals surface area (Å²) in [6, 6.07) is 3.55. The Labute approximate surface area is 133 Å². The van der Waals surface area contributed by atoms with Gasteiger partial charge in [-0.25, -0.2) is 4.79 Å². The second-order valence-electron chi connectivity index (χ2n) is 5.86. The average molecular weight is 325 g/mol. The molecule has 1 N–H and O–H groups in total. The Bertz CT molecular complexity index is 596. The van der Waals surface area contributed by atoms with E-state index in [0.29, 0.717) is 11.0 Å². The van der Waals surface area contributed by atoms with Gasteiger partial charge in [-0.2, -0.15) is 0 Å². The lowest BCUT2D eigenvalue weighted by Crippen LogP contribution is -2.43. The van der Waals surface area contributed by atoms with Gasteiger partial charge in [-0.15, -0.1) is 0 Å². The van der Waals surface area contributed by atoms with Crippen LogP contribution < -0.4 is 10.4 Å². The number of ether oxygens (including phenoxy) is 1. The fourth-order valence-electron chi connectivity index (χ4n) is 1.73. The zero-order valence-corrected chi connectivity index (χ0v) is 13.1. The molecule has 1 unspecified atom stereocenters. The van der Waals surface area contributed by atoms with Gasteiger partial charge in [-0.3, -0.25) is 10.1 Å². The van der Waals surface area contributed by atoms with E-state index < -0.39 is 28.7 Å². The molecule has 0 aliphatic rings. The average Bonchev–Trinajstić information content (AvgIpc) is 2.43. The van der Waals surface area contributed by atoms with Crippen molar-refractivity contribution in [1.29, 1.82) is 0 Å². The van der Waals surface area contributed by atoms with Crippen LogP contribution in [0.1, 0.15) is 11.6 Å². The molecule has 0 heterocycles. The molecule has 0 saturated heterocycles. The molecule has 23 heavy (non-hydrogen) atoms. The van der Waals surface area contributed by atoms with Crippen molar-refractivity contribution in [2.45, 2.75) is 6.04 Å². The highest BCUT2D eigenvalue weighted by Gasteiger charge is 2.25. The van der Waals surface area contributed by atoms with Crippen LogP contribution in [0.5, 0.6) is 0 Å². The summed E-state index contributed by atoms with van der Waals surface area (Å²) in [5.74, 6) is -1.66. The molecular formula is C14H19N3O6. The number of para-hydroxylation sites is 1. The third-order valence-corrected chi connectivity index (χ3v) is 2.94. The Balaban J connectivity index is 2.83. The van der Waals surface area contributed by atoms with Crippen LogP contribution in [-0.2, 0) is 9.53 Å². The van der Waals surface area contributed by atoms with E-state index >= 15 is 0 Å². The Morgan fingerprint density at radius 2 is 1.91 bits per heavy atom. The number of nitrogens with zero attached hydrogens (tertiary/aromatic N) is 2. The molecule has 0 saturated carbocycles. The zero-order chi connectivity index (χ0) is 17.6. The van der Waals surface area contributed by atoms with Gasteiger partial charge >= 0.3 is 6.09 Å². The van der Waals surface area contributed by atoms with Gasteiger partial charge in [0.05, 0.1) is 37.6 Å². The number of nitrogens with one attached hydrogen (secondary N) is 1. The minimum atomic E-state index is -1.67. The van der Waals surface area contributed by atoms with Crippen molar-refractivity contribution in [3.05, 3.63) is 39.9 Å². The van der Waals surface area contributed by atoms with Gasteiger partial charge in [0.1, 0.15) is 19.2 Å². The lowest BCUT2D eigenvalue weighted by Gasteiger charge is -2.24. The number of alkyl carbamates (subject to hydrolysis) is 1. The molecule has 0 bridgehead atoms. The first-order chi connectivity index (χ1) is 10.6. The van der Waals surface area contributed by atoms with E-state index in [2.05, 4.69) is 5.32 Å². The minimum absolute atomic E-state index is 0.0754. The number of rotatable bonds is 7. The lowest BCUT2D eigenvalue weighted by molar-refractivity contribution is -0.870. The van der Waals surface area contributed by atoms with Gasteiger partial charge in [0.15, 0.2) is 0 Å². The molecule has 1 amide bonds. The molecule has 0 radical (unpaired) electrons. The van der Waals surface area contributed by atoms with Crippen molar-refractivity contribution in [2.24, 2.45) is 0 Å². The van der Waals surface area contributed by atoms with Crippen molar-refractivity contribution in [3.63, 3.8) is 0 Å². The molecule has 9 heteroatoms. The van der Waals surface area contributed by atoms with Crippen LogP contribution >= 0.6 is 0 Å². The van der Waals surface area contributed by atoms with Gasteiger partial charge < -0.3 is 24.4 Å². The molecule has 1 rings (SSSR count). The number of carboxylic acid groups (broad SMARTS) is 1. The number of nitro benzene ring substituents is 1. The summed E-state index contributed by atoms with van der Waals surface area (Å²) >= 11 is 0. The highest BCUT2D eigenvalue weighted by Crippen LogP contribution is 2.24. The third-order valence-electron chi connectivity index (χ3n) is 2.94. The molecule has 9 nitrogen and oxygen atoms in total. The number of amides is 1. The SMILES string of the molecule is C[N+](C)(C)CCOC(=O)NC(C(=O)[O-])c1ccccc1[N+](=O)[O-]. The van der Waals surface area contributed by atoms with Crippen LogP contribution in [0.2, 0.25) is 0 Å². The van der Waals surface area contributed by atoms with E-state index in [1.165, 1.54) is 18.2 Å². The summed E-state index contributed by atoms with van der Waals surface area (Å²) < 4.78 is 5.45. The summed E-state index contributed by atoms with van der Waals surface area (Å²) in [5, 5.41) is 24.3.